The molecule has 128 valence electrons. The van der Waals surface area contributed by atoms with E-state index in [-0.39, 0.29) is 38.6 Å². The maximum Gasteiger partial charge on any atom is 0.0935 e. The number of hydrogen-bond donors (Lipinski definition) is 1. The fourth-order valence-corrected chi connectivity index (χ4v) is 6.45. The van der Waals surface area contributed by atoms with E-state index in [9.17, 15) is 5.11 Å². The van der Waals surface area contributed by atoms with Crippen molar-refractivity contribution in [1.82, 2.24) is 0 Å². The molecule has 2 atom stereocenters. The third-order valence-electron chi connectivity index (χ3n) is 5.63. The molecule has 0 saturated heterocycles. The minimum atomic E-state index is -1.34. The van der Waals surface area contributed by atoms with Gasteiger partial charge in [-0.1, -0.05) is 50.2 Å². The van der Waals surface area contributed by atoms with Crippen LogP contribution in [-0.2, 0) is 26.2 Å². The molecule has 1 N–H and O–H groups in total. The van der Waals surface area contributed by atoms with E-state index in [1.165, 1.54) is 33.4 Å². The van der Waals surface area contributed by atoms with Crippen molar-refractivity contribution < 1.29 is 31.3 Å². The summed E-state index contributed by atoms with van der Waals surface area (Å²) in [6.07, 6.45) is 4.52. The van der Waals surface area contributed by atoms with Gasteiger partial charge in [-0.2, -0.15) is 0 Å². The van der Waals surface area contributed by atoms with Crippen molar-refractivity contribution in [3.05, 3.63) is 45.6 Å². The van der Waals surface area contributed by atoms with Gasteiger partial charge in [0.05, 0.1) is 14.0 Å². The van der Waals surface area contributed by atoms with Gasteiger partial charge in [-0.15, -0.1) is 12.4 Å². The van der Waals surface area contributed by atoms with Crippen LogP contribution in [0.4, 0.5) is 0 Å². The summed E-state index contributed by atoms with van der Waals surface area (Å²) in [7, 11) is -1.34. The molecule has 2 aliphatic rings. The van der Waals surface area contributed by atoms with E-state index < -0.39 is 14.0 Å². The monoisotopic (exact) mass is 428 g/mol. The Hall–Kier alpha value is 0.310. The molecule has 0 aromatic carbocycles. The molecular formula is C19H31ClOSiZr. The minimum Gasteiger partial charge on any atom is -0.385 e. The molecule has 0 heterocycles. The van der Waals surface area contributed by atoms with Crippen molar-refractivity contribution in [2.75, 3.05) is 0 Å². The Morgan fingerprint density at radius 1 is 0.870 bits per heavy atom. The summed E-state index contributed by atoms with van der Waals surface area (Å²) in [5, 5.41) is 11.2. The maximum absolute atomic E-state index is 11.9. The fraction of sp³-hybridized carbons (Fsp3) is 0.579. The van der Waals surface area contributed by atoms with E-state index in [0.717, 1.165) is 0 Å². The van der Waals surface area contributed by atoms with Gasteiger partial charge >= 0.3 is 0 Å². The predicted molar refractivity (Wildman–Crippen MR) is 102 cm³/mol. The van der Waals surface area contributed by atoms with Gasteiger partial charge in [0.2, 0.25) is 0 Å². The molecule has 4 heteroatoms. The van der Waals surface area contributed by atoms with Crippen LogP contribution in [0.3, 0.4) is 0 Å². The van der Waals surface area contributed by atoms with Crippen molar-refractivity contribution in [2.45, 2.75) is 59.9 Å². The molecule has 0 aromatic rings. The van der Waals surface area contributed by atoms with Crippen LogP contribution in [0, 0.1) is 11.8 Å². The number of aliphatic hydroxyl groups is 1. The first-order chi connectivity index (χ1) is 9.62. The van der Waals surface area contributed by atoms with E-state index in [2.05, 4.69) is 66.8 Å². The molecule has 2 aliphatic carbocycles. The second kappa shape index (κ2) is 8.13. The van der Waals surface area contributed by atoms with Crippen molar-refractivity contribution in [3.63, 3.8) is 0 Å². The Labute approximate surface area is 169 Å². The molecule has 0 amide bonds. The van der Waals surface area contributed by atoms with Gasteiger partial charge in [-0.3, -0.25) is 0 Å². The average Bonchev–Trinajstić information content (AvgIpc) is 2.76. The molecular weight excluding hydrogens is 399 g/mol. The first kappa shape index (κ1) is 23.3. The van der Waals surface area contributed by atoms with E-state index >= 15 is 0 Å². The van der Waals surface area contributed by atoms with E-state index in [4.69, 9.17) is 0 Å². The van der Waals surface area contributed by atoms with Gasteiger partial charge in [0, 0.05) is 38.0 Å². The molecule has 0 aliphatic heterocycles. The average molecular weight is 430 g/mol. The molecule has 0 fully saturated rings. The topological polar surface area (TPSA) is 20.2 Å². The normalized spacial score (nSPS) is 26.7. The number of hydrogen-bond acceptors (Lipinski definition) is 1. The van der Waals surface area contributed by atoms with E-state index in [1.807, 2.05) is 0 Å². The zero-order valence-corrected chi connectivity index (χ0v) is 20.2. The van der Waals surface area contributed by atoms with Gasteiger partial charge in [0.25, 0.3) is 0 Å². The van der Waals surface area contributed by atoms with Crippen LogP contribution in [-0.4, -0.2) is 19.1 Å². The Kier molecular flexibility index (Phi) is 8.24. The third-order valence-corrected chi connectivity index (χ3v) is 7.92. The molecule has 1 nitrogen and oxygen atoms in total. The molecule has 0 spiro atoms. The van der Waals surface area contributed by atoms with E-state index in [0.29, 0.717) is 11.8 Å². The smallest absolute Gasteiger partial charge is 0.0935 e. The molecule has 0 radical (unpaired) electrons. The Bertz CT molecular complexity index is 552. The number of rotatable bonds is 3. The van der Waals surface area contributed by atoms with Crippen molar-refractivity contribution in [2.24, 2.45) is 11.8 Å². The molecule has 0 saturated carbocycles. The largest absolute Gasteiger partial charge is 0.385 e. The Morgan fingerprint density at radius 2 is 1.17 bits per heavy atom. The molecule has 23 heavy (non-hydrogen) atoms. The van der Waals surface area contributed by atoms with Crippen LogP contribution in [0.2, 0.25) is 13.1 Å². The van der Waals surface area contributed by atoms with Crippen molar-refractivity contribution >= 4 is 21.2 Å². The minimum absolute atomic E-state index is 0. The van der Waals surface area contributed by atoms with Gasteiger partial charge in [0.15, 0.2) is 0 Å². The van der Waals surface area contributed by atoms with Crippen LogP contribution in [0.25, 0.3) is 0 Å². The Morgan fingerprint density at radius 3 is 1.35 bits per heavy atom. The van der Waals surface area contributed by atoms with Crippen molar-refractivity contribution in [1.29, 1.82) is 0 Å². The standard InChI is InChI=1S/C19H30OSi.ClH.Zr/c1-11-9-13(3)17(15(11)5)19(20,21(7)8)18-14(4)10-12(2)16(18)6;;/h9-10,15-16,20-21H,1-8H3;1H;. The zero-order chi connectivity index (χ0) is 16.1. The Balaban J connectivity index is 0.00000242. The quantitative estimate of drug-likeness (QED) is 0.626. The summed E-state index contributed by atoms with van der Waals surface area (Å²) in [4.78, 5) is 0. The summed E-state index contributed by atoms with van der Waals surface area (Å²) in [6, 6.07) is 0. The molecule has 2 rings (SSSR count). The second-order valence-corrected chi connectivity index (χ2v) is 10.5. The fourth-order valence-electron chi connectivity index (χ4n) is 4.26. The first-order valence-electron chi connectivity index (χ1n) is 8.13. The van der Waals surface area contributed by atoms with Crippen LogP contribution in [0.15, 0.2) is 45.6 Å². The molecule has 0 aromatic heterocycles. The van der Waals surface area contributed by atoms with Crippen LogP contribution < -0.4 is 0 Å². The summed E-state index contributed by atoms with van der Waals surface area (Å²) in [5.41, 5.74) is 7.85. The number of allylic oxidation sites excluding steroid dienone is 6. The van der Waals surface area contributed by atoms with Gasteiger partial charge in [-0.05, 0) is 50.0 Å². The first-order valence-corrected chi connectivity index (χ1v) is 11.0. The van der Waals surface area contributed by atoms with Gasteiger partial charge in [-0.25, -0.2) is 0 Å². The third kappa shape index (κ3) is 3.64. The molecule has 2 unspecified atom stereocenters. The number of halogens is 1. The van der Waals surface area contributed by atoms with E-state index in [1.54, 1.807) is 0 Å². The summed E-state index contributed by atoms with van der Waals surface area (Å²) >= 11 is 0. The van der Waals surface area contributed by atoms with Crippen LogP contribution in [0.5, 0.6) is 0 Å². The van der Waals surface area contributed by atoms with Gasteiger partial charge in [0.1, 0.15) is 0 Å². The second-order valence-electron chi connectivity index (χ2n) is 7.33. The van der Waals surface area contributed by atoms with Gasteiger partial charge < -0.3 is 5.11 Å². The summed E-state index contributed by atoms with van der Waals surface area (Å²) in [6.45, 7) is 17.8. The SMILES string of the molecule is CC1=CC(C)=C(C(O)(C2=C(C)C=C(C)C2C)[SiH](C)C)C1C.Cl.[Zr]. The predicted octanol–water partition coefficient (Wildman–Crippen LogP) is 4.99. The molecule has 0 bridgehead atoms. The zero-order valence-electron chi connectivity index (χ0n) is 15.7. The van der Waals surface area contributed by atoms with Crippen LogP contribution >= 0.6 is 12.4 Å². The van der Waals surface area contributed by atoms with Crippen molar-refractivity contribution in [3.8, 4) is 0 Å². The maximum atomic E-state index is 11.9. The summed E-state index contributed by atoms with van der Waals surface area (Å²) < 4.78 is 0. The summed E-state index contributed by atoms with van der Waals surface area (Å²) in [5.74, 6) is 0.719. The van der Waals surface area contributed by atoms with Crippen LogP contribution in [0.1, 0.15) is 41.5 Å².